The van der Waals surface area contributed by atoms with Crippen LogP contribution in [0.2, 0.25) is 0 Å². The van der Waals surface area contributed by atoms with Crippen LogP contribution in [0.5, 0.6) is 0 Å². The fraction of sp³-hybridized carbons (Fsp3) is 0.692. The number of hydrogen-bond donors (Lipinski definition) is 1. The van der Waals surface area contributed by atoms with E-state index in [4.69, 9.17) is 0 Å². The summed E-state index contributed by atoms with van der Waals surface area (Å²) in [6, 6.07) is 0. The van der Waals surface area contributed by atoms with E-state index in [0.717, 1.165) is 0 Å². The molecule has 1 aliphatic heterocycles. The Morgan fingerprint density at radius 3 is 1.74 bits per heavy atom. The first-order valence-corrected chi connectivity index (χ1v) is 101. The van der Waals surface area contributed by atoms with Gasteiger partial charge in [0.2, 0.25) is 0 Å². The van der Waals surface area contributed by atoms with E-state index < -0.39 is 63.3 Å². The molecule has 2 unspecified atom stereocenters. The second-order valence-electron chi connectivity index (χ2n) is 7.45. The molecule has 2 atom stereocenters. The molecule has 0 aliphatic carbocycles. The maximum atomic E-state index is 4.65. The van der Waals surface area contributed by atoms with Crippen molar-refractivity contribution in [1.29, 1.82) is 0 Å². The van der Waals surface area contributed by atoms with Crippen LogP contribution in [0.4, 0.5) is 5.82 Å². The number of aromatic nitrogens is 1. The van der Waals surface area contributed by atoms with Crippen LogP contribution >= 0.6 is 249 Å². The number of hydrogen-bond acceptors (Lipinski definition) is 2. The molecule has 214 valence electrons. The summed E-state index contributed by atoms with van der Waals surface area (Å²) < 4.78 is 4.10. The van der Waals surface area contributed by atoms with Gasteiger partial charge in [-0.05, 0) is 0 Å². The Labute approximate surface area is 349 Å². The number of halogens is 18. The predicted octanol–water partition coefficient (Wildman–Crippen LogP) is 10.2. The summed E-state index contributed by atoms with van der Waals surface area (Å²) in [4.78, 5) is 0. The third-order valence-corrected chi connectivity index (χ3v) is 433. The van der Waals surface area contributed by atoms with Crippen molar-refractivity contribution >= 4 is 255 Å². The van der Waals surface area contributed by atoms with E-state index in [1.54, 1.807) is 22.6 Å². The molecule has 1 aromatic rings. The van der Waals surface area contributed by atoms with Crippen LogP contribution in [0.1, 0.15) is 37.6 Å². The van der Waals surface area contributed by atoms with Crippen LogP contribution in [-0.4, -0.2) is 11.7 Å². The molecular formula is C13H19I18N3-2. The normalized spacial score (nSPS) is 25.8. The Morgan fingerprint density at radius 1 is 0.824 bits per heavy atom. The van der Waals surface area contributed by atoms with Crippen molar-refractivity contribution in [3.05, 3.63) is 16.8 Å². The average Bonchev–Trinajstić information content (AvgIpc) is 2.99. The van der Waals surface area contributed by atoms with E-state index in [0.29, 0.717) is 16.4 Å². The zero-order valence-electron chi connectivity index (χ0n) is 17.7. The molecule has 1 aromatic heterocycles. The van der Waals surface area contributed by atoms with Crippen molar-refractivity contribution in [3.63, 3.8) is 0 Å². The Kier molecular flexibility index (Phi) is 23.0. The molecule has 0 bridgehead atoms. The zero-order chi connectivity index (χ0) is 26.5. The molecule has 1 aliphatic rings. The van der Waals surface area contributed by atoms with Crippen LogP contribution in [0.15, 0.2) is 0 Å². The number of fused-ring (bicyclic) bond motifs is 1. The number of rotatable bonds is 8. The Bertz CT molecular complexity index is 872. The summed E-state index contributed by atoms with van der Waals surface area (Å²) in [7, 11) is -1.94. The predicted molar refractivity (Wildman–Crippen MR) is 289 cm³/mol. The first-order chi connectivity index (χ1) is 15.5. The quantitative estimate of drug-likeness (QED) is 0.159. The molecule has 0 fully saturated rings. The van der Waals surface area contributed by atoms with Gasteiger partial charge < -0.3 is 0 Å². The molecule has 34 heavy (non-hydrogen) atoms. The van der Waals surface area contributed by atoms with Crippen LogP contribution in [-0.2, 0) is 1.55 Å². The summed E-state index contributed by atoms with van der Waals surface area (Å²) in [5.74, 6) is 1.56. The third kappa shape index (κ3) is 8.55. The van der Waals surface area contributed by atoms with Gasteiger partial charge in [0.25, 0.3) is 0 Å². The average molecular weight is 2500 g/mol. The molecule has 0 aromatic carbocycles. The summed E-state index contributed by atoms with van der Waals surface area (Å²) in [6.45, 7) is 14.7. The van der Waals surface area contributed by atoms with E-state index in [2.05, 4.69) is 243 Å². The van der Waals surface area contributed by atoms with Crippen LogP contribution in [0.25, 0.3) is 0 Å². The monoisotopic (exact) mass is 2500 g/mol. The minimum atomic E-state index is -1.34. The minimum absolute atomic E-state index is 0.0637. The summed E-state index contributed by atoms with van der Waals surface area (Å²) >= 11 is 25.9. The van der Waals surface area contributed by atoms with Crippen LogP contribution in [0.3, 0.4) is 0 Å². The standard InChI is InChI=1S/C13H19I18N3/c1-7-8(2)10-33(9(7)3)13(28(19)30(21)22,29(20)31(23)25-15)12(26(16)17,27(18)24-14)32-34(10)11(4,5)6/h32H,1-6H3/q-2. The van der Waals surface area contributed by atoms with Crippen molar-refractivity contribution in [2.75, 3.05) is 5.01 Å². The maximum absolute atomic E-state index is 4.65. The van der Waals surface area contributed by atoms with Crippen LogP contribution < -0.4 is 36.9 Å². The Balaban J connectivity index is 3.30. The van der Waals surface area contributed by atoms with Gasteiger partial charge in [0.1, 0.15) is 0 Å². The van der Waals surface area contributed by atoms with E-state index in [9.17, 15) is 0 Å². The molecule has 3 nitrogen and oxygen atoms in total. The second-order valence-corrected chi connectivity index (χ2v) is 238. The topological polar surface area (TPSA) is 20.2 Å². The number of anilines is 1. The number of nitrogens with one attached hydrogen (secondary N) is 1. The molecule has 2 rings (SSSR count). The van der Waals surface area contributed by atoms with E-state index >= 15 is 0 Å². The van der Waals surface area contributed by atoms with E-state index in [-0.39, 0.29) is 18.8 Å². The third-order valence-electron chi connectivity index (χ3n) is 4.83. The first-order valence-electron chi connectivity index (χ1n) is 8.35. The van der Waals surface area contributed by atoms with Crippen molar-refractivity contribution < 1.29 is 26.5 Å². The van der Waals surface area contributed by atoms with Crippen molar-refractivity contribution in [1.82, 2.24) is 9.99 Å². The Hall–Kier alpha value is 12.2. The van der Waals surface area contributed by atoms with Gasteiger partial charge in [-0.2, -0.15) is 0 Å². The summed E-state index contributed by atoms with van der Waals surface area (Å²) in [5, 5.41) is 2.71. The van der Waals surface area contributed by atoms with Gasteiger partial charge >= 0.3 is 364 Å². The number of nitrogens with zero attached hydrogens (tertiary/aromatic N) is 2. The first kappa shape index (κ1) is 42.3. The van der Waals surface area contributed by atoms with Crippen LogP contribution in [0, 0.1) is 20.8 Å². The number of alkyl halides is 4. The SMILES string of the molecule is Cc1c(C)c2n(c1C)C(I(I)I(I)I)(I(I)I(I)[I-]I)C(I(I)I)(I(I)[I-]I)NN2C(C)(C)C. The summed E-state index contributed by atoms with van der Waals surface area (Å²) in [6.07, 6.45) is 0. The fourth-order valence-electron chi connectivity index (χ4n) is 3.25. The molecule has 0 radical (unpaired) electrons. The molecule has 21 heteroatoms. The Morgan fingerprint density at radius 2 is 1.35 bits per heavy atom. The van der Waals surface area contributed by atoms with Crippen molar-refractivity contribution in [3.8, 4) is 0 Å². The molecule has 1 N–H and O–H groups in total. The van der Waals surface area contributed by atoms with Gasteiger partial charge in [0.15, 0.2) is 0 Å². The van der Waals surface area contributed by atoms with Crippen molar-refractivity contribution in [2.24, 2.45) is 0 Å². The second kappa shape index (κ2) is 18.4. The molecule has 0 saturated carbocycles. The van der Waals surface area contributed by atoms with Gasteiger partial charge in [0, 0.05) is 0 Å². The summed E-state index contributed by atoms with van der Waals surface area (Å²) in [5.41, 5.74) is 9.45. The fourth-order valence-corrected chi connectivity index (χ4v) is 518. The van der Waals surface area contributed by atoms with Crippen molar-refractivity contribution in [2.45, 2.75) is 50.2 Å². The number of hydrazine groups is 1. The molecule has 0 spiro atoms. The molecule has 0 saturated heterocycles. The molecule has 2 heterocycles. The van der Waals surface area contributed by atoms with E-state index in [1.807, 2.05) is 0 Å². The van der Waals surface area contributed by atoms with Gasteiger partial charge in [-0.3, -0.25) is 0 Å². The van der Waals surface area contributed by atoms with Gasteiger partial charge in [-0.25, -0.2) is 0 Å². The molecule has 0 amide bonds. The molecular weight excluding hydrogens is 2480 g/mol. The van der Waals surface area contributed by atoms with Gasteiger partial charge in [-0.1, -0.05) is 0 Å². The van der Waals surface area contributed by atoms with Gasteiger partial charge in [-0.15, -0.1) is 0 Å². The van der Waals surface area contributed by atoms with E-state index in [1.165, 1.54) is 0 Å². The van der Waals surface area contributed by atoms with Gasteiger partial charge in [0.05, 0.1) is 0 Å². The zero-order valence-corrected chi connectivity index (χ0v) is 56.5.